The standard InChI is InChI=1S/C10H15N3O.3ClH/c11-10-7-13(5-6-14)9-4-2-1-3-8(9)12-10;;;/h1-4,10,12,14H,5-7,11H2;3*1H. The summed E-state index contributed by atoms with van der Waals surface area (Å²) < 4.78 is 0. The Morgan fingerprint density at radius 3 is 2.59 bits per heavy atom. The Hall–Kier alpha value is -0.390. The van der Waals surface area contributed by atoms with E-state index in [9.17, 15) is 0 Å². The highest BCUT2D eigenvalue weighted by Crippen LogP contribution is 2.28. The van der Waals surface area contributed by atoms with Crippen LogP contribution in [0.1, 0.15) is 0 Å². The fraction of sp³-hybridized carbons (Fsp3) is 0.400. The van der Waals surface area contributed by atoms with Crippen molar-refractivity contribution in [3.05, 3.63) is 24.3 Å². The van der Waals surface area contributed by atoms with E-state index in [0.29, 0.717) is 6.54 Å². The molecule has 17 heavy (non-hydrogen) atoms. The Bertz CT molecular complexity index is 327. The summed E-state index contributed by atoms with van der Waals surface area (Å²) in [5.74, 6) is 0. The summed E-state index contributed by atoms with van der Waals surface area (Å²) in [4.78, 5) is 2.09. The molecule has 2 rings (SSSR count). The molecule has 0 saturated heterocycles. The van der Waals surface area contributed by atoms with Gasteiger partial charge in [0.1, 0.15) is 0 Å². The fourth-order valence-electron chi connectivity index (χ4n) is 1.79. The van der Waals surface area contributed by atoms with Gasteiger partial charge in [0.05, 0.1) is 30.7 Å². The number of anilines is 2. The van der Waals surface area contributed by atoms with Gasteiger partial charge in [0.2, 0.25) is 0 Å². The first-order valence-electron chi connectivity index (χ1n) is 4.78. The van der Waals surface area contributed by atoms with Gasteiger partial charge in [0.25, 0.3) is 0 Å². The molecular weight excluding hydrogens is 284 g/mol. The molecule has 4 nitrogen and oxygen atoms in total. The molecule has 1 aliphatic rings. The van der Waals surface area contributed by atoms with Gasteiger partial charge in [0, 0.05) is 6.54 Å². The second-order valence-electron chi connectivity index (χ2n) is 3.44. The average Bonchev–Trinajstić information content (AvgIpc) is 2.18. The third-order valence-electron chi connectivity index (χ3n) is 2.37. The number of para-hydroxylation sites is 2. The number of hydrogen-bond acceptors (Lipinski definition) is 4. The molecule has 1 atom stereocenters. The topological polar surface area (TPSA) is 61.5 Å². The molecule has 0 fully saturated rings. The number of halogens is 3. The van der Waals surface area contributed by atoms with E-state index in [1.807, 2.05) is 24.3 Å². The Morgan fingerprint density at radius 1 is 1.29 bits per heavy atom. The lowest BCUT2D eigenvalue weighted by Gasteiger charge is -2.35. The van der Waals surface area contributed by atoms with Crippen molar-refractivity contribution < 1.29 is 5.11 Å². The quantitative estimate of drug-likeness (QED) is 0.774. The number of aliphatic hydroxyl groups excluding tert-OH is 1. The molecule has 0 bridgehead atoms. The molecule has 4 N–H and O–H groups in total. The zero-order valence-corrected chi connectivity index (χ0v) is 11.7. The molecule has 100 valence electrons. The number of nitrogens with zero attached hydrogens (tertiary/aromatic N) is 1. The van der Waals surface area contributed by atoms with Crippen LogP contribution in [0.5, 0.6) is 0 Å². The van der Waals surface area contributed by atoms with Gasteiger partial charge in [-0.3, -0.25) is 0 Å². The molecule has 1 heterocycles. The average molecular weight is 303 g/mol. The van der Waals surface area contributed by atoms with Gasteiger partial charge in [-0.2, -0.15) is 0 Å². The largest absolute Gasteiger partial charge is 0.395 e. The van der Waals surface area contributed by atoms with E-state index in [0.717, 1.165) is 17.9 Å². The Labute approximate surface area is 120 Å². The number of nitrogens with two attached hydrogens (primary N) is 1. The zero-order chi connectivity index (χ0) is 9.97. The van der Waals surface area contributed by atoms with Crippen LogP contribution in [0.2, 0.25) is 0 Å². The number of hydrogen-bond donors (Lipinski definition) is 3. The highest BCUT2D eigenvalue weighted by Gasteiger charge is 2.19. The van der Waals surface area contributed by atoms with Crippen LogP contribution in [-0.2, 0) is 0 Å². The lowest BCUT2D eigenvalue weighted by Crippen LogP contribution is -2.47. The first-order chi connectivity index (χ1) is 6.81. The lowest BCUT2D eigenvalue weighted by molar-refractivity contribution is 0.301. The summed E-state index contributed by atoms with van der Waals surface area (Å²) in [6.07, 6.45) is -0.0588. The van der Waals surface area contributed by atoms with Crippen LogP contribution in [0.3, 0.4) is 0 Å². The van der Waals surface area contributed by atoms with E-state index in [1.54, 1.807) is 0 Å². The molecule has 0 aliphatic carbocycles. The normalized spacial score (nSPS) is 16.6. The maximum absolute atomic E-state index is 8.93. The minimum atomic E-state index is -0.0588. The highest BCUT2D eigenvalue weighted by atomic mass is 35.5. The number of rotatable bonds is 2. The second-order valence-corrected chi connectivity index (χ2v) is 3.44. The van der Waals surface area contributed by atoms with Gasteiger partial charge in [-0.1, -0.05) is 12.1 Å². The molecule has 0 saturated carbocycles. The van der Waals surface area contributed by atoms with Crippen LogP contribution in [0.4, 0.5) is 11.4 Å². The van der Waals surface area contributed by atoms with E-state index in [1.165, 1.54) is 0 Å². The number of fused-ring (bicyclic) bond motifs is 1. The minimum Gasteiger partial charge on any atom is -0.395 e. The van der Waals surface area contributed by atoms with E-state index < -0.39 is 0 Å². The first-order valence-corrected chi connectivity index (χ1v) is 4.78. The molecule has 1 aromatic carbocycles. The van der Waals surface area contributed by atoms with E-state index >= 15 is 0 Å². The molecule has 0 aromatic heterocycles. The van der Waals surface area contributed by atoms with Crippen LogP contribution >= 0.6 is 37.2 Å². The van der Waals surface area contributed by atoms with Gasteiger partial charge < -0.3 is 21.1 Å². The predicted molar refractivity (Wildman–Crippen MR) is 79.1 cm³/mol. The molecule has 1 aliphatic heterocycles. The van der Waals surface area contributed by atoms with E-state index in [2.05, 4.69) is 10.2 Å². The summed E-state index contributed by atoms with van der Waals surface area (Å²) in [6.45, 7) is 1.52. The zero-order valence-electron chi connectivity index (χ0n) is 9.20. The van der Waals surface area contributed by atoms with Crippen LogP contribution in [0.15, 0.2) is 24.3 Å². The van der Waals surface area contributed by atoms with Crippen LogP contribution in [0, 0.1) is 0 Å². The number of nitrogens with one attached hydrogen (secondary N) is 1. The molecular formula is C10H18Cl3N3O. The van der Waals surface area contributed by atoms with Crippen molar-refractivity contribution in [2.24, 2.45) is 5.73 Å². The maximum atomic E-state index is 8.93. The van der Waals surface area contributed by atoms with Crippen molar-refractivity contribution in [1.29, 1.82) is 0 Å². The SMILES string of the molecule is Cl.Cl.Cl.NC1CN(CCO)c2ccccc2N1. The summed E-state index contributed by atoms with van der Waals surface area (Å²) in [6, 6.07) is 7.99. The van der Waals surface area contributed by atoms with E-state index in [4.69, 9.17) is 10.8 Å². The van der Waals surface area contributed by atoms with E-state index in [-0.39, 0.29) is 50.0 Å². The van der Waals surface area contributed by atoms with Gasteiger partial charge >= 0.3 is 0 Å². The number of aliphatic hydroxyl groups is 1. The van der Waals surface area contributed by atoms with Crippen molar-refractivity contribution in [2.75, 3.05) is 29.9 Å². The monoisotopic (exact) mass is 301 g/mol. The van der Waals surface area contributed by atoms with Crippen LogP contribution < -0.4 is 16.0 Å². The summed E-state index contributed by atoms with van der Waals surface area (Å²) >= 11 is 0. The minimum absolute atomic E-state index is 0. The Morgan fingerprint density at radius 2 is 1.94 bits per heavy atom. The molecule has 0 amide bonds. The van der Waals surface area contributed by atoms with Crippen molar-refractivity contribution >= 4 is 48.6 Å². The lowest BCUT2D eigenvalue weighted by atomic mass is 10.2. The van der Waals surface area contributed by atoms with Crippen molar-refractivity contribution in [1.82, 2.24) is 0 Å². The van der Waals surface area contributed by atoms with Crippen molar-refractivity contribution in [2.45, 2.75) is 6.17 Å². The summed E-state index contributed by atoms with van der Waals surface area (Å²) in [7, 11) is 0. The molecule has 0 radical (unpaired) electrons. The molecule has 1 unspecified atom stereocenters. The Kier molecular flexibility index (Phi) is 9.66. The highest BCUT2D eigenvalue weighted by molar-refractivity contribution is 5.86. The molecule has 1 aromatic rings. The van der Waals surface area contributed by atoms with Gasteiger partial charge in [0.15, 0.2) is 0 Å². The van der Waals surface area contributed by atoms with Gasteiger partial charge in [-0.25, -0.2) is 0 Å². The summed E-state index contributed by atoms with van der Waals surface area (Å²) in [5.41, 5.74) is 7.99. The molecule has 0 spiro atoms. The van der Waals surface area contributed by atoms with Gasteiger partial charge in [-0.05, 0) is 12.1 Å². The fourth-order valence-corrected chi connectivity index (χ4v) is 1.79. The Balaban J connectivity index is 0. The smallest absolute Gasteiger partial charge is 0.0923 e. The van der Waals surface area contributed by atoms with Crippen molar-refractivity contribution in [3.63, 3.8) is 0 Å². The number of benzene rings is 1. The first kappa shape index (κ1) is 19.0. The van der Waals surface area contributed by atoms with Crippen molar-refractivity contribution in [3.8, 4) is 0 Å². The second kappa shape index (κ2) is 8.66. The van der Waals surface area contributed by atoms with Crippen LogP contribution in [0.25, 0.3) is 0 Å². The number of β-amino-alcohol motifs (C(OH)–C–C–N with tert-alkyl or cyclic N) is 1. The van der Waals surface area contributed by atoms with Gasteiger partial charge in [-0.15, -0.1) is 37.2 Å². The summed E-state index contributed by atoms with van der Waals surface area (Å²) in [5, 5.41) is 12.1. The maximum Gasteiger partial charge on any atom is 0.0923 e. The third-order valence-corrected chi connectivity index (χ3v) is 2.37. The van der Waals surface area contributed by atoms with Crippen LogP contribution in [-0.4, -0.2) is 31.0 Å². The third kappa shape index (κ3) is 4.41. The predicted octanol–water partition coefficient (Wildman–Crippen LogP) is 1.46. The molecule has 7 heteroatoms.